The second kappa shape index (κ2) is 4.94. The van der Waals surface area contributed by atoms with Crippen LogP contribution in [0.3, 0.4) is 0 Å². The number of nitrogen functional groups attached to an aromatic ring is 1. The molecular weight excluding hydrogens is 264 g/mol. The molecule has 3 N–H and O–H groups in total. The van der Waals surface area contributed by atoms with Crippen LogP contribution < -0.4 is 11.1 Å². The maximum Gasteiger partial charge on any atom is 0.276 e. The SMILES string of the molecule is Cc1ccc(N)c(NC(=O)c2nn(C)c3ccccc23)c1. The lowest BCUT2D eigenvalue weighted by atomic mass is 10.1. The molecule has 0 saturated heterocycles. The fourth-order valence-electron chi connectivity index (χ4n) is 2.34. The van der Waals surface area contributed by atoms with Crippen molar-refractivity contribution < 1.29 is 4.79 Å². The van der Waals surface area contributed by atoms with Gasteiger partial charge in [0.1, 0.15) is 0 Å². The fourth-order valence-corrected chi connectivity index (χ4v) is 2.34. The van der Waals surface area contributed by atoms with Gasteiger partial charge in [-0.05, 0) is 30.7 Å². The number of amides is 1. The molecule has 0 atom stereocenters. The molecular formula is C16H16N4O. The molecule has 106 valence electrons. The van der Waals surface area contributed by atoms with Gasteiger partial charge in [-0.3, -0.25) is 9.48 Å². The lowest BCUT2D eigenvalue weighted by molar-refractivity contribution is 0.102. The lowest BCUT2D eigenvalue weighted by Gasteiger charge is -2.08. The van der Waals surface area contributed by atoms with Gasteiger partial charge in [0, 0.05) is 12.4 Å². The molecule has 0 aliphatic rings. The first-order valence-electron chi connectivity index (χ1n) is 6.65. The molecule has 0 bridgehead atoms. The van der Waals surface area contributed by atoms with Gasteiger partial charge in [0.2, 0.25) is 0 Å². The molecule has 0 unspecified atom stereocenters. The van der Waals surface area contributed by atoms with Gasteiger partial charge in [0.05, 0.1) is 16.9 Å². The van der Waals surface area contributed by atoms with Gasteiger partial charge in [0.25, 0.3) is 5.91 Å². The van der Waals surface area contributed by atoms with Crippen LogP contribution in [0.5, 0.6) is 0 Å². The molecule has 0 saturated carbocycles. The van der Waals surface area contributed by atoms with E-state index < -0.39 is 0 Å². The summed E-state index contributed by atoms with van der Waals surface area (Å²) in [6.45, 7) is 1.95. The van der Waals surface area contributed by atoms with Gasteiger partial charge in [-0.1, -0.05) is 24.3 Å². The summed E-state index contributed by atoms with van der Waals surface area (Å²) in [4.78, 5) is 12.5. The van der Waals surface area contributed by atoms with Crippen molar-refractivity contribution >= 4 is 28.2 Å². The van der Waals surface area contributed by atoms with E-state index in [1.54, 1.807) is 10.7 Å². The van der Waals surface area contributed by atoms with Crippen molar-refractivity contribution in [1.29, 1.82) is 0 Å². The average Bonchev–Trinajstić information content (AvgIpc) is 2.81. The zero-order valence-corrected chi connectivity index (χ0v) is 11.9. The van der Waals surface area contributed by atoms with Crippen LogP contribution in [0.15, 0.2) is 42.5 Å². The van der Waals surface area contributed by atoms with E-state index in [1.807, 2.05) is 50.4 Å². The molecule has 21 heavy (non-hydrogen) atoms. The molecule has 0 spiro atoms. The minimum Gasteiger partial charge on any atom is -0.397 e. The van der Waals surface area contributed by atoms with Crippen LogP contribution >= 0.6 is 0 Å². The molecule has 0 aliphatic heterocycles. The van der Waals surface area contributed by atoms with Crippen LogP contribution in [-0.4, -0.2) is 15.7 Å². The third-order valence-electron chi connectivity index (χ3n) is 3.43. The van der Waals surface area contributed by atoms with Crippen molar-refractivity contribution in [3.63, 3.8) is 0 Å². The summed E-state index contributed by atoms with van der Waals surface area (Å²) in [6, 6.07) is 13.2. The number of carbonyl (C=O) groups is 1. The van der Waals surface area contributed by atoms with Crippen LogP contribution in [0.25, 0.3) is 10.9 Å². The summed E-state index contributed by atoms with van der Waals surface area (Å²) < 4.78 is 1.70. The molecule has 0 radical (unpaired) electrons. The lowest BCUT2D eigenvalue weighted by Crippen LogP contribution is -2.14. The topological polar surface area (TPSA) is 72.9 Å². The molecule has 5 nitrogen and oxygen atoms in total. The largest absolute Gasteiger partial charge is 0.397 e. The van der Waals surface area contributed by atoms with Crippen LogP contribution in [-0.2, 0) is 7.05 Å². The highest BCUT2D eigenvalue weighted by molar-refractivity contribution is 6.12. The number of aryl methyl sites for hydroxylation is 2. The molecule has 1 aromatic heterocycles. The number of hydrogen-bond acceptors (Lipinski definition) is 3. The van der Waals surface area contributed by atoms with E-state index in [1.165, 1.54) is 0 Å². The second-order valence-corrected chi connectivity index (χ2v) is 5.03. The number of nitrogens with two attached hydrogens (primary N) is 1. The molecule has 3 aromatic rings. The Hall–Kier alpha value is -2.82. The number of aromatic nitrogens is 2. The number of benzene rings is 2. The predicted octanol–water partition coefficient (Wildman–Crippen LogP) is 2.72. The van der Waals surface area contributed by atoms with E-state index in [-0.39, 0.29) is 5.91 Å². The van der Waals surface area contributed by atoms with Crippen LogP contribution in [0.2, 0.25) is 0 Å². The average molecular weight is 280 g/mol. The quantitative estimate of drug-likeness (QED) is 0.709. The standard InChI is InChI=1S/C16H16N4O/c1-10-7-8-12(17)13(9-10)18-16(21)15-11-5-3-4-6-14(11)20(2)19-15/h3-9H,17H2,1-2H3,(H,18,21). The summed E-state index contributed by atoms with van der Waals surface area (Å²) in [5.74, 6) is -0.260. The first kappa shape index (κ1) is 13.2. The number of carbonyl (C=O) groups excluding carboxylic acids is 1. The number of fused-ring (bicyclic) bond motifs is 1. The third-order valence-corrected chi connectivity index (χ3v) is 3.43. The van der Waals surface area contributed by atoms with Crippen LogP contribution in [0.1, 0.15) is 16.1 Å². The molecule has 0 aliphatic carbocycles. The van der Waals surface area contributed by atoms with Crippen LogP contribution in [0, 0.1) is 6.92 Å². The Bertz CT molecular complexity index is 835. The zero-order valence-electron chi connectivity index (χ0n) is 11.9. The minimum atomic E-state index is -0.260. The predicted molar refractivity (Wildman–Crippen MR) is 84.3 cm³/mol. The van der Waals surface area contributed by atoms with Crippen molar-refractivity contribution in [2.75, 3.05) is 11.1 Å². The Labute approximate surface area is 122 Å². The Kier molecular flexibility index (Phi) is 3.10. The number of rotatable bonds is 2. The van der Waals surface area contributed by atoms with E-state index in [0.29, 0.717) is 17.1 Å². The monoisotopic (exact) mass is 280 g/mol. The van der Waals surface area contributed by atoms with Gasteiger partial charge in [-0.2, -0.15) is 5.10 Å². The van der Waals surface area contributed by atoms with Gasteiger partial charge in [-0.15, -0.1) is 0 Å². The highest BCUT2D eigenvalue weighted by Crippen LogP contribution is 2.22. The third kappa shape index (κ3) is 2.33. The smallest absolute Gasteiger partial charge is 0.276 e. The Balaban J connectivity index is 2.00. The molecule has 3 rings (SSSR count). The van der Waals surface area contributed by atoms with E-state index in [2.05, 4.69) is 10.4 Å². The molecule has 5 heteroatoms. The first-order valence-corrected chi connectivity index (χ1v) is 6.65. The first-order chi connectivity index (χ1) is 10.1. The van der Waals surface area contributed by atoms with Crippen molar-refractivity contribution in [1.82, 2.24) is 9.78 Å². The Morgan fingerprint density at radius 1 is 1.24 bits per heavy atom. The number of hydrogen-bond donors (Lipinski definition) is 2. The highest BCUT2D eigenvalue weighted by Gasteiger charge is 2.16. The van der Waals surface area contributed by atoms with Gasteiger partial charge in [0.15, 0.2) is 5.69 Å². The minimum absolute atomic E-state index is 0.260. The fraction of sp³-hybridized carbons (Fsp3) is 0.125. The second-order valence-electron chi connectivity index (χ2n) is 5.03. The number of para-hydroxylation sites is 1. The van der Waals surface area contributed by atoms with E-state index in [4.69, 9.17) is 5.73 Å². The van der Waals surface area contributed by atoms with Crippen molar-refractivity contribution in [3.8, 4) is 0 Å². The molecule has 1 heterocycles. The maximum atomic E-state index is 12.5. The molecule has 0 fully saturated rings. The van der Waals surface area contributed by atoms with Crippen molar-refractivity contribution in [2.24, 2.45) is 7.05 Å². The number of nitrogens with one attached hydrogen (secondary N) is 1. The Morgan fingerprint density at radius 3 is 2.81 bits per heavy atom. The zero-order chi connectivity index (χ0) is 15.0. The van der Waals surface area contributed by atoms with Gasteiger partial charge < -0.3 is 11.1 Å². The van der Waals surface area contributed by atoms with E-state index in [0.717, 1.165) is 16.5 Å². The van der Waals surface area contributed by atoms with Crippen molar-refractivity contribution in [3.05, 3.63) is 53.7 Å². The van der Waals surface area contributed by atoms with Gasteiger partial charge in [-0.25, -0.2) is 0 Å². The summed E-state index contributed by atoms with van der Waals surface area (Å²) in [5.41, 5.74) is 9.38. The van der Waals surface area contributed by atoms with E-state index >= 15 is 0 Å². The van der Waals surface area contributed by atoms with Gasteiger partial charge >= 0.3 is 0 Å². The summed E-state index contributed by atoms with van der Waals surface area (Å²) in [7, 11) is 1.82. The maximum absolute atomic E-state index is 12.5. The molecule has 1 amide bonds. The summed E-state index contributed by atoms with van der Waals surface area (Å²) in [5, 5.41) is 7.96. The summed E-state index contributed by atoms with van der Waals surface area (Å²) >= 11 is 0. The van der Waals surface area contributed by atoms with Crippen molar-refractivity contribution in [2.45, 2.75) is 6.92 Å². The number of anilines is 2. The van der Waals surface area contributed by atoms with E-state index in [9.17, 15) is 4.79 Å². The number of nitrogens with zero attached hydrogens (tertiary/aromatic N) is 2. The normalized spacial score (nSPS) is 10.8. The Morgan fingerprint density at radius 2 is 2.00 bits per heavy atom. The molecule has 2 aromatic carbocycles. The van der Waals surface area contributed by atoms with Crippen LogP contribution in [0.4, 0.5) is 11.4 Å². The highest BCUT2D eigenvalue weighted by atomic mass is 16.2. The summed E-state index contributed by atoms with van der Waals surface area (Å²) in [6.07, 6.45) is 0.